The van der Waals surface area contributed by atoms with E-state index in [9.17, 15) is 0 Å². The van der Waals surface area contributed by atoms with E-state index in [4.69, 9.17) is 0 Å². The van der Waals surface area contributed by atoms with Crippen molar-refractivity contribution in [3.05, 3.63) is 133 Å². The van der Waals surface area contributed by atoms with Crippen LogP contribution in [0.1, 0.15) is 11.1 Å². The summed E-state index contributed by atoms with van der Waals surface area (Å²) >= 11 is 0. The SMILES string of the molecule is C(=C\c1ccc2ccc3cccc4ccc1c2c34)/c1cc(-c2ccccn2)cc(-c2ccccn2)c1. The van der Waals surface area contributed by atoms with E-state index in [-0.39, 0.29) is 0 Å². The van der Waals surface area contributed by atoms with Crippen molar-refractivity contribution in [1.29, 1.82) is 0 Å². The number of aromatic nitrogens is 2. The van der Waals surface area contributed by atoms with Crippen LogP contribution >= 0.6 is 0 Å². The van der Waals surface area contributed by atoms with E-state index in [0.29, 0.717) is 0 Å². The predicted molar refractivity (Wildman–Crippen MR) is 152 cm³/mol. The topological polar surface area (TPSA) is 25.8 Å². The maximum absolute atomic E-state index is 4.59. The summed E-state index contributed by atoms with van der Waals surface area (Å²) in [4.78, 5) is 9.17. The fourth-order valence-electron chi connectivity index (χ4n) is 5.20. The van der Waals surface area contributed by atoms with Gasteiger partial charge in [0.15, 0.2) is 0 Å². The standard InChI is InChI=1S/C34H22N2/c1-3-18-35-31(8-1)28-20-23(21-29(22-28)32-9-2-4-19-36-32)10-11-24-12-13-27-15-14-25-6-5-7-26-16-17-30(24)34(27)33(25)26/h1-22H/b11-10+. The maximum Gasteiger partial charge on any atom is 0.0702 e. The summed E-state index contributed by atoms with van der Waals surface area (Å²) in [5.41, 5.74) is 6.38. The first-order valence-electron chi connectivity index (χ1n) is 12.2. The third-order valence-corrected chi connectivity index (χ3v) is 6.89. The van der Waals surface area contributed by atoms with Gasteiger partial charge in [-0.1, -0.05) is 78.9 Å². The quantitative estimate of drug-likeness (QED) is 0.194. The fourth-order valence-corrected chi connectivity index (χ4v) is 5.20. The van der Waals surface area contributed by atoms with Crippen molar-refractivity contribution in [2.24, 2.45) is 0 Å². The van der Waals surface area contributed by atoms with Crippen LogP contribution in [-0.4, -0.2) is 9.97 Å². The van der Waals surface area contributed by atoms with Gasteiger partial charge in [-0.2, -0.15) is 0 Å². The second kappa shape index (κ2) is 8.44. The van der Waals surface area contributed by atoms with Crippen LogP contribution in [0.15, 0.2) is 122 Å². The molecule has 0 amide bonds. The van der Waals surface area contributed by atoms with Crippen LogP contribution in [0.25, 0.3) is 67.0 Å². The molecule has 0 radical (unpaired) electrons. The number of hydrogen-bond acceptors (Lipinski definition) is 2. The molecule has 7 rings (SSSR count). The molecule has 7 aromatic rings. The predicted octanol–water partition coefficient (Wildman–Crippen LogP) is 8.88. The second-order valence-corrected chi connectivity index (χ2v) is 9.12. The molecule has 0 unspecified atom stereocenters. The van der Waals surface area contributed by atoms with Crippen LogP contribution in [0.3, 0.4) is 0 Å². The molecule has 36 heavy (non-hydrogen) atoms. The molecule has 0 atom stereocenters. The van der Waals surface area contributed by atoms with Crippen LogP contribution in [0.2, 0.25) is 0 Å². The van der Waals surface area contributed by atoms with Crippen LogP contribution < -0.4 is 0 Å². The minimum atomic E-state index is 0.952. The molecule has 2 aromatic heterocycles. The Bertz CT molecular complexity index is 1800. The van der Waals surface area contributed by atoms with E-state index in [1.54, 1.807) is 0 Å². The molecule has 0 saturated carbocycles. The van der Waals surface area contributed by atoms with Crippen molar-refractivity contribution >= 4 is 44.5 Å². The van der Waals surface area contributed by atoms with Gasteiger partial charge in [-0.05, 0) is 85.9 Å². The summed E-state index contributed by atoms with van der Waals surface area (Å²) in [6.45, 7) is 0. The van der Waals surface area contributed by atoms with Gasteiger partial charge in [0.1, 0.15) is 0 Å². The largest absolute Gasteiger partial charge is 0.256 e. The average molecular weight is 459 g/mol. The highest BCUT2D eigenvalue weighted by Crippen LogP contribution is 2.36. The monoisotopic (exact) mass is 458 g/mol. The highest BCUT2D eigenvalue weighted by Gasteiger charge is 2.10. The van der Waals surface area contributed by atoms with E-state index in [1.165, 1.54) is 37.9 Å². The van der Waals surface area contributed by atoms with E-state index < -0.39 is 0 Å². The smallest absolute Gasteiger partial charge is 0.0702 e. The van der Waals surface area contributed by atoms with E-state index in [0.717, 1.165) is 28.1 Å². The molecule has 0 spiro atoms. The average Bonchev–Trinajstić information content (AvgIpc) is 2.96. The molecule has 0 aliphatic heterocycles. The van der Waals surface area contributed by atoms with Crippen molar-refractivity contribution in [3.8, 4) is 22.5 Å². The molecule has 5 aromatic carbocycles. The summed E-state index contributed by atoms with van der Waals surface area (Å²) in [7, 11) is 0. The highest BCUT2D eigenvalue weighted by molar-refractivity contribution is 6.24. The van der Waals surface area contributed by atoms with Gasteiger partial charge in [0.25, 0.3) is 0 Å². The van der Waals surface area contributed by atoms with Gasteiger partial charge in [-0.3, -0.25) is 9.97 Å². The number of hydrogen-bond donors (Lipinski definition) is 0. The Morgan fingerprint density at radius 2 is 1.08 bits per heavy atom. The minimum absolute atomic E-state index is 0.952. The number of benzene rings is 5. The van der Waals surface area contributed by atoms with Gasteiger partial charge in [0.05, 0.1) is 11.4 Å². The van der Waals surface area contributed by atoms with Crippen molar-refractivity contribution in [3.63, 3.8) is 0 Å². The second-order valence-electron chi connectivity index (χ2n) is 9.12. The van der Waals surface area contributed by atoms with Gasteiger partial charge in [-0.25, -0.2) is 0 Å². The molecule has 2 nitrogen and oxygen atoms in total. The summed E-state index contributed by atoms with van der Waals surface area (Å²) in [6, 6.07) is 38.5. The molecule has 2 heteroatoms. The minimum Gasteiger partial charge on any atom is -0.256 e. The Labute approximate surface area is 209 Å². The first-order chi connectivity index (χ1) is 17.8. The lowest BCUT2D eigenvalue weighted by molar-refractivity contribution is 1.31. The first-order valence-corrected chi connectivity index (χ1v) is 12.2. The molecule has 0 aliphatic carbocycles. The van der Waals surface area contributed by atoms with Gasteiger partial charge < -0.3 is 0 Å². The van der Waals surface area contributed by atoms with Crippen LogP contribution in [0, 0.1) is 0 Å². The Kier molecular flexibility index (Phi) is 4.82. The molecule has 0 bridgehead atoms. The number of rotatable bonds is 4. The lowest BCUT2D eigenvalue weighted by atomic mass is 9.91. The Balaban J connectivity index is 1.38. The zero-order valence-corrected chi connectivity index (χ0v) is 19.6. The Morgan fingerprint density at radius 1 is 0.472 bits per heavy atom. The Hall–Kier alpha value is -4.82. The van der Waals surface area contributed by atoms with Gasteiger partial charge in [-0.15, -0.1) is 0 Å². The lowest BCUT2D eigenvalue weighted by Crippen LogP contribution is -1.88. The molecule has 0 N–H and O–H groups in total. The number of nitrogens with zero attached hydrogens (tertiary/aromatic N) is 2. The molecular formula is C34H22N2. The summed E-state index contributed by atoms with van der Waals surface area (Å²) in [5, 5.41) is 7.81. The number of pyridine rings is 2. The first kappa shape index (κ1) is 20.5. The van der Waals surface area contributed by atoms with Crippen LogP contribution in [0.4, 0.5) is 0 Å². The normalized spacial score (nSPS) is 11.8. The van der Waals surface area contributed by atoms with Gasteiger partial charge in [0, 0.05) is 23.5 Å². The zero-order valence-electron chi connectivity index (χ0n) is 19.6. The van der Waals surface area contributed by atoms with Crippen molar-refractivity contribution < 1.29 is 0 Å². The summed E-state index contributed by atoms with van der Waals surface area (Å²) < 4.78 is 0. The van der Waals surface area contributed by atoms with E-state index in [1.807, 2.05) is 48.8 Å². The van der Waals surface area contributed by atoms with Gasteiger partial charge >= 0.3 is 0 Å². The third kappa shape index (κ3) is 3.52. The molecule has 0 aliphatic rings. The fraction of sp³-hybridized carbons (Fsp3) is 0. The van der Waals surface area contributed by atoms with Crippen molar-refractivity contribution in [1.82, 2.24) is 9.97 Å². The van der Waals surface area contributed by atoms with Crippen LogP contribution in [0.5, 0.6) is 0 Å². The summed E-state index contributed by atoms with van der Waals surface area (Å²) in [6.07, 6.45) is 8.10. The van der Waals surface area contributed by atoms with Crippen molar-refractivity contribution in [2.45, 2.75) is 0 Å². The molecule has 0 fully saturated rings. The highest BCUT2D eigenvalue weighted by atomic mass is 14.7. The van der Waals surface area contributed by atoms with Crippen molar-refractivity contribution in [2.75, 3.05) is 0 Å². The summed E-state index contributed by atoms with van der Waals surface area (Å²) in [5.74, 6) is 0. The van der Waals surface area contributed by atoms with Crippen LogP contribution in [-0.2, 0) is 0 Å². The van der Waals surface area contributed by atoms with Gasteiger partial charge in [0.2, 0.25) is 0 Å². The molecule has 2 heterocycles. The lowest BCUT2D eigenvalue weighted by Gasteiger charge is -2.12. The Morgan fingerprint density at radius 3 is 1.72 bits per heavy atom. The molecular weight excluding hydrogens is 436 g/mol. The van der Waals surface area contributed by atoms with E-state index in [2.05, 4.69) is 94.9 Å². The molecule has 0 saturated heterocycles. The maximum atomic E-state index is 4.59. The molecule has 168 valence electrons. The zero-order chi connectivity index (χ0) is 23.9. The van der Waals surface area contributed by atoms with E-state index >= 15 is 0 Å². The third-order valence-electron chi connectivity index (χ3n) is 6.89.